The van der Waals surface area contributed by atoms with Crippen LogP contribution in [0.25, 0.3) is 0 Å². The van der Waals surface area contributed by atoms with Gasteiger partial charge in [0.25, 0.3) is 5.91 Å². The number of hydrogen-bond donors (Lipinski definition) is 1. The van der Waals surface area contributed by atoms with Crippen molar-refractivity contribution in [1.29, 1.82) is 0 Å². The van der Waals surface area contributed by atoms with Crippen molar-refractivity contribution in [2.24, 2.45) is 0 Å². The molecular formula is C20H17F3N4O. The molecule has 0 bridgehead atoms. The number of fused-ring (bicyclic) bond motifs is 1. The van der Waals surface area contributed by atoms with E-state index in [4.69, 9.17) is 0 Å². The SMILES string of the molecule is C[C@H]1CN(c2ccc(F)cc2)C(=O)c2cc(CNc3c(F)cccc3F)nn21. The zero-order chi connectivity index (χ0) is 19.8. The predicted molar refractivity (Wildman–Crippen MR) is 98.7 cm³/mol. The molecule has 5 nitrogen and oxygen atoms in total. The second-order valence-electron chi connectivity index (χ2n) is 6.66. The molecular weight excluding hydrogens is 369 g/mol. The summed E-state index contributed by atoms with van der Waals surface area (Å²) in [6, 6.07) is 10.8. The van der Waals surface area contributed by atoms with E-state index in [-0.39, 0.29) is 30.0 Å². The lowest BCUT2D eigenvalue weighted by Crippen LogP contribution is -2.42. The van der Waals surface area contributed by atoms with E-state index in [1.54, 1.807) is 27.8 Å². The van der Waals surface area contributed by atoms with E-state index in [1.165, 1.54) is 18.2 Å². The van der Waals surface area contributed by atoms with Gasteiger partial charge in [0.15, 0.2) is 0 Å². The molecule has 1 aliphatic heterocycles. The summed E-state index contributed by atoms with van der Waals surface area (Å²) in [4.78, 5) is 14.4. The third-order valence-electron chi connectivity index (χ3n) is 4.66. The van der Waals surface area contributed by atoms with Crippen molar-refractivity contribution in [1.82, 2.24) is 9.78 Å². The molecule has 2 aromatic carbocycles. The van der Waals surface area contributed by atoms with Crippen molar-refractivity contribution in [2.75, 3.05) is 16.8 Å². The fraction of sp³-hybridized carbons (Fsp3) is 0.200. The van der Waals surface area contributed by atoms with Gasteiger partial charge in [0.05, 0.1) is 18.3 Å². The van der Waals surface area contributed by atoms with Crippen molar-refractivity contribution in [3.63, 3.8) is 0 Å². The van der Waals surface area contributed by atoms with E-state index in [9.17, 15) is 18.0 Å². The van der Waals surface area contributed by atoms with Gasteiger partial charge in [0.1, 0.15) is 28.8 Å². The first-order valence-electron chi connectivity index (χ1n) is 8.78. The fourth-order valence-electron chi connectivity index (χ4n) is 3.28. The zero-order valence-electron chi connectivity index (χ0n) is 15.0. The molecule has 0 fully saturated rings. The summed E-state index contributed by atoms with van der Waals surface area (Å²) in [5.41, 5.74) is 1.22. The van der Waals surface area contributed by atoms with E-state index in [1.807, 2.05) is 6.92 Å². The molecule has 4 rings (SSSR count). The molecule has 0 saturated heterocycles. The largest absolute Gasteiger partial charge is 0.375 e. The first-order valence-corrected chi connectivity index (χ1v) is 8.78. The summed E-state index contributed by atoms with van der Waals surface area (Å²) >= 11 is 0. The molecule has 1 amide bonds. The summed E-state index contributed by atoms with van der Waals surface area (Å²) in [6.45, 7) is 2.36. The summed E-state index contributed by atoms with van der Waals surface area (Å²) < 4.78 is 42.3. The molecule has 1 atom stereocenters. The average molecular weight is 386 g/mol. The Morgan fingerprint density at radius 2 is 1.79 bits per heavy atom. The number of carbonyl (C=O) groups excluding carboxylic acids is 1. The molecule has 1 aromatic heterocycles. The molecule has 8 heteroatoms. The highest BCUT2D eigenvalue weighted by Crippen LogP contribution is 2.27. The Hall–Kier alpha value is -3.29. The Morgan fingerprint density at radius 1 is 1.11 bits per heavy atom. The highest BCUT2D eigenvalue weighted by atomic mass is 19.1. The van der Waals surface area contributed by atoms with E-state index in [2.05, 4.69) is 10.4 Å². The number of anilines is 2. The van der Waals surface area contributed by atoms with Crippen LogP contribution in [0.1, 0.15) is 29.1 Å². The first kappa shape index (κ1) is 18.1. The van der Waals surface area contributed by atoms with Gasteiger partial charge in [-0.3, -0.25) is 9.48 Å². The normalized spacial score (nSPS) is 16.2. The lowest BCUT2D eigenvalue weighted by Gasteiger charge is -2.31. The number of benzene rings is 2. The van der Waals surface area contributed by atoms with Crippen molar-refractivity contribution >= 4 is 17.3 Å². The Bertz CT molecular complexity index is 1010. The minimum atomic E-state index is -0.698. The van der Waals surface area contributed by atoms with Gasteiger partial charge in [-0.25, -0.2) is 13.2 Å². The number of carbonyl (C=O) groups is 1. The Balaban J connectivity index is 1.57. The average Bonchev–Trinajstić information content (AvgIpc) is 3.10. The maximum atomic E-state index is 13.8. The predicted octanol–water partition coefficient (Wildman–Crippen LogP) is 4.13. The second-order valence-corrected chi connectivity index (χ2v) is 6.66. The van der Waals surface area contributed by atoms with Crippen molar-refractivity contribution in [3.8, 4) is 0 Å². The molecule has 0 spiro atoms. The van der Waals surface area contributed by atoms with Gasteiger partial charge in [-0.05, 0) is 49.4 Å². The van der Waals surface area contributed by atoms with Crippen LogP contribution in [0.15, 0.2) is 48.5 Å². The van der Waals surface area contributed by atoms with Crippen LogP contribution in [0.5, 0.6) is 0 Å². The monoisotopic (exact) mass is 386 g/mol. The van der Waals surface area contributed by atoms with E-state index >= 15 is 0 Å². The quantitative estimate of drug-likeness (QED) is 0.733. The summed E-state index contributed by atoms with van der Waals surface area (Å²) in [5, 5.41) is 7.09. The van der Waals surface area contributed by atoms with Crippen molar-refractivity contribution < 1.29 is 18.0 Å². The highest BCUT2D eigenvalue weighted by Gasteiger charge is 2.31. The second kappa shape index (κ2) is 7.03. The molecule has 1 aliphatic rings. The Labute approximate surface area is 159 Å². The highest BCUT2D eigenvalue weighted by molar-refractivity contribution is 6.05. The molecule has 0 radical (unpaired) electrons. The van der Waals surface area contributed by atoms with Gasteiger partial charge in [0, 0.05) is 12.2 Å². The van der Waals surface area contributed by atoms with E-state index in [0.717, 1.165) is 12.1 Å². The van der Waals surface area contributed by atoms with Gasteiger partial charge in [-0.1, -0.05) is 6.07 Å². The van der Waals surface area contributed by atoms with Crippen LogP contribution in [0.4, 0.5) is 24.5 Å². The van der Waals surface area contributed by atoms with Gasteiger partial charge in [-0.2, -0.15) is 5.10 Å². The molecule has 2 heterocycles. The van der Waals surface area contributed by atoms with Crippen LogP contribution >= 0.6 is 0 Å². The van der Waals surface area contributed by atoms with Crippen molar-refractivity contribution in [3.05, 3.63) is 77.4 Å². The summed E-state index contributed by atoms with van der Waals surface area (Å²) in [5.74, 6) is -2.03. The maximum absolute atomic E-state index is 13.8. The van der Waals surface area contributed by atoms with E-state index in [0.29, 0.717) is 23.6 Å². The van der Waals surface area contributed by atoms with Gasteiger partial charge in [-0.15, -0.1) is 0 Å². The van der Waals surface area contributed by atoms with Crippen LogP contribution in [-0.2, 0) is 6.54 Å². The molecule has 0 aliphatic carbocycles. The third-order valence-corrected chi connectivity index (χ3v) is 4.66. The number of hydrogen-bond acceptors (Lipinski definition) is 3. The number of amides is 1. The number of nitrogens with zero attached hydrogens (tertiary/aromatic N) is 3. The third kappa shape index (κ3) is 3.21. The summed E-state index contributed by atoms with van der Waals surface area (Å²) in [7, 11) is 0. The minimum Gasteiger partial charge on any atom is -0.375 e. The van der Waals surface area contributed by atoms with Crippen LogP contribution in [0.2, 0.25) is 0 Å². The number of halogens is 3. The number of rotatable bonds is 4. The number of nitrogens with one attached hydrogen (secondary N) is 1. The smallest absolute Gasteiger partial charge is 0.276 e. The Kier molecular flexibility index (Phi) is 4.54. The first-order chi connectivity index (χ1) is 13.4. The summed E-state index contributed by atoms with van der Waals surface area (Å²) in [6.07, 6.45) is 0. The Morgan fingerprint density at radius 3 is 2.46 bits per heavy atom. The van der Waals surface area contributed by atoms with Crippen LogP contribution in [0.3, 0.4) is 0 Å². The standard InChI is InChI=1S/C20H17F3N4O/c1-12-11-26(15-7-5-13(21)6-8-15)20(28)18-9-14(25-27(12)18)10-24-19-16(22)3-2-4-17(19)23/h2-9,12,24H,10-11H2,1H3/t12-/m0/s1. The van der Waals surface area contributed by atoms with Crippen molar-refractivity contribution in [2.45, 2.75) is 19.5 Å². The fourth-order valence-corrected chi connectivity index (χ4v) is 3.28. The number of aromatic nitrogens is 2. The van der Waals surface area contributed by atoms with E-state index < -0.39 is 11.6 Å². The molecule has 0 saturated carbocycles. The van der Waals surface area contributed by atoms with Crippen LogP contribution in [0, 0.1) is 17.5 Å². The van der Waals surface area contributed by atoms with Crippen LogP contribution < -0.4 is 10.2 Å². The lowest BCUT2D eigenvalue weighted by molar-refractivity contribution is 0.0953. The lowest BCUT2D eigenvalue weighted by atomic mass is 10.1. The van der Waals surface area contributed by atoms with Crippen LogP contribution in [-0.4, -0.2) is 22.2 Å². The number of para-hydroxylation sites is 1. The topological polar surface area (TPSA) is 50.2 Å². The minimum absolute atomic E-state index is 0.0639. The molecule has 3 aromatic rings. The molecule has 144 valence electrons. The van der Waals surface area contributed by atoms with Gasteiger partial charge >= 0.3 is 0 Å². The van der Waals surface area contributed by atoms with Gasteiger partial charge < -0.3 is 10.2 Å². The molecule has 1 N–H and O–H groups in total. The molecule has 0 unspecified atom stereocenters. The zero-order valence-corrected chi connectivity index (χ0v) is 15.0. The molecule has 28 heavy (non-hydrogen) atoms. The maximum Gasteiger partial charge on any atom is 0.276 e. The van der Waals surface area contributed by atoms with Gasteiger partial charge in [0.2, 0.25) is 0 Å².